The summed E-state index contributed by atoms with van der Waals surface area (Å²) in [5.74, 6) is 0.283. The molecular weight excluding hydrogens is 406 g/mol. The number of nitrogens with zero attached hydrogens (tertiary/aromatic N) is 3. The van der Waals surface area contributed by atoms with Crippen LogP contribution in [0.3, 0.4) is 0 Å². The fourth-order valence-corrected chi connectivity index (χ4v) is 4.28. The molecule has 33 heavy (non-hydrogen) atoms. The largest absolute Gasteiger partial charge is 0.329 e. The number of unbranched alkanes of at least 4 members (excludes halogenated alkanes) is 3. The molecule has 0 amide bonds. The molecule has 4 nitrogen and oxygen atoms in total. The molecule has 0 saturated carbocycles. The highest BCUT2D eigenvalue weighted by molar-refractivity contribution is 5.85. The normalized spacial score (nSPS) is 11.3. The van der Waals surface area contributed by atoms with E-state index in [-0.39, 0.29) is 5.78 Å². The number of hydrogen-bond donors (Lipinski definition) is 0. The fraction of sp³-hybridized carbons (Fsp3) is 0.345. The molecule has 0 radical (unpaired) electrons. The second kappa shape index (κ2) is 10.1. The highest BCUT2D eigenvalue weighted by Gasteiger charge is 2.17. The van der Waals surface area contributed by atoms with Crippen LogP contribution in [0.5, 0.6) is 0 Å². The van der Waals surface area contributed by atoms with Crippen LogP contribution in [-0.4, -0.2) is 20.3 Å². The Balaban J connectivity index is 1.70. The first-order chi connectivity index (χ1) is 15.9. The molecular formula is C29H33N3O. The van der Waals surface area contributed by atoms with Crippen LogP contribution in [0.1, 0.15) is 55.8 Å². The molecule has 2 heterocycles. The molecule has 170 valence electrons. The maximum atomic E-state index is 11.1. The van der Waals surface area contributed by atoms with E-state index < -0.39 is 0 Å². The van der Waals surface area contributed by atoms with Gasteiger partial charge in [-0.3, -0.25) is 0 Å². The number of aromatic nitrogens is 3. The van der Waals surface area contributed by atoms with E-state index in [2.05, 4.69) is 79.9 Å². The van der Waals surface area contributed by atoms with Crippen molar-refractivity contribution in [3.05, 3.63) is 71.4 Å². The van der Waals surface area contributed by atoms with Gasteiger partial charge in [-0.15, -0.1) is 0 Å². The lowest BCUT2D eigenvalue weighted by Crippen LogP contribution is -2.03. The SMILES string of the molecule is CC(=O)CCCCCCn1c(C)cc2nc(-c3ccc(C)cc3)c(-c3ccc(C)cc3)nc21. The van der Waals surface area contributed by atoms with Crippen molar-refractivity contribution in [2.45, 2.75) is 66.3 Å². The van der Waals surface area contributed by atoms with E-state index in [0.29, 0.717) is 6.42 Å². The zero-order chi connectivity index (χ0) is 23.4. The van der Waals surface area contributed by atoms with Crippen molar-refractivity contribution >= 4 is 16.9 Å². The molecule has 0 aliphatic rings. The number of carbonyl (C=O) groups excluding carboxylic acids is 1. The van der Waals surface area contributed by atoms with Crippen LogP contribution in [0, 0.1) is 20.8 Å². The van der Waals surface area contributed by atoms with Crippen LogP contribution >= 0.6 is 0 Å². The summed E-state index contributed by atoms with van der Waals surface area (Å²) in [6.07, 6.45) is 4.96. The number of fused-ring (bicyclic) bond motifs is 1. The molecule has 0 saturated heterocycles. The molecule has 0 spiro atoms. The number of carbonyl (C=O) groups is 1. The number of benzene rings is 2. The Morgan fingerprint density at radius 1 is 0.758 bits per heavy atom. The molecule has 0 unspecified atom stereocenters. The van der Waals surface area contributed by atoms with Crippen molar-refractivity contribution in [2.75, 3.05) is 0 Å². The van der Waals surface area contributed by atoms with Gasteiger partial charge in [0, 0.05) is 29.8 Å². The van der Waals surface area contributed by atoms with Crippen LogP contribution in [-0.2, 0) is 11.3 Å². The van der Waals surface area contributed by atoms with Crippen molar-refractivity contribution in [1.82, 2.24) is 14.5 Å². The zero-order valence-corrected chi connectivity index (χ0v) is 20.2. The van der Waals surface area contributed by atoms with Gasteiger partial charge in [0.05, 0.1) is 11.4 Å². The summed E-state index contributed by atoms with van der Waals surface area (Å²) in [6, 6.07) is 19.2. The lowest BCUT2D eigenvalue weighted by Gasteiger charge is -2.12. The van der Waals surface area contributed by atoms with Crippen LogP contribution in [0.4, 0.5) is 0 Å². The molecule has 4 aromatic rings. The minimum atomic E-state index is 0.283. The smallest absolute Gasteiger partial charge is 0.159 e. The Morgan fingerprint density at radius 2 is 1.30 bits per heavy atom. The summed E-state index contributed by atoms with van der Waals surface area (Å²) < 4.78 is 2.30. The lowest BCUT2D eigenvalue weighted by atomic mass is 10.0. The second-order valence-electron chi connectivity index (χ2n) is 9.17. The Morgan fingerprint density at radius 3 is 1.88 bits per heavy atom. The van der Waals surface area contributed by atoms with E-state index in [0.717, 1.165) is 65.9 Å². The fourth-order valence-electron chi connectivity index (χ4n) is 4.28. The Hall–Kier alpha value is -3.27. The molecule has 2 aromatic carbocycles. The number of rotatable bonds is 9. The third kappa shape index (κ3) is 5.39. The summed E-state index contributed by atoms with van der Waals surface area (Å²) in [5.41, 5.74) is 9.55. The van der Waals surface area contributed by atoms with Crippen LogP contribution in [0.2, 0.25) is 0 Å². The van der Waals surface area contributed by atoms with E-state index in [9.17, 15) is 4.79 Å². The van der Waals surface area contributed by atoms with Crippen molar-refractivity contribution in [1.29, 1.82) is 0 Å². The van der Waals surface area contributed by atoms with Gasteiger partial charge in [-0.1, -0.05) is 72.5 Å². The average Bonchev–Trinajstić information content (AvgIpc) is 3.10. The first-order valence-electron chi connectivity index (χ1n) is 11.9. The van der Waals surface area contributed by atoms with Gasteiger partial charge in [0.15, 0.2) is 5.65 Å². The number of aryl methyl sites for hydroxylation is 4. The molecule has 0 aliphatic heterocycles. The van der Waals surface area contributed by atoms with E-state index in [1.807, 2.05) is 0 Å². The van der Waals surface area contributed by atoms with Crippen LogP contribution in [0.25, 0.3) is 33.7 Å². The second-order valence-corrected chi connectivity index (χ2v) is 9.17. The van der Waals surface area contributed by atoms with Gasteiger partial charge in [-0.2, -0.15) is 0 Å². The van der Waals surface area contributed by atoms with Gasteiger partial charge in [0.1, 0.15) is 11.3 Å². The Kier molecular flexibility index (Phi) is 7.02. The average molecular weight is 440 g/mol. The Bertz CT molecular complexity index is 1250. The van der Waals surface area contributed by atoms with Gasteiger partial charge >= 0.3 is 0 Å². The van der Waals surface area contributed by atoms with Crippen molar-refractivity contribution < 1.29 is 4.79 Å². The van der Waals surface area contributed by atoms with Gasteiger partial charge in [0.25, 0.3) is 0 Å². The molecule has 4 rings (SSSR count). The maximum Gasteiger partial charge on any atom is 0.159 e. The van der Waals surface area contributed by atoms with Crippen LogP contribution < -0.4 is 0 Å². The molecule has 0 fully saturated rings. The van der Waals surface area contributed by atoms with E-state index in [1.54, 1.807) is 6.92 Å². The standard InChI is InChI=1S/C29H33N3O/c1-20-10-14-24(15-11-20)27-28(25-16-12-21(2)13-17-25)31-29-26(30-27)19-22(3)32(29)18-8-6-5-7-9-23(4)33/h10-17,19H,5-9,18H2,1-4H3. The molecule has 4 heteroatoms. The number of ketones is 1. The minimum Gasteiger partial charge on any atom is -0.329 e. The topological polar surface area (TPSA) is 47.8 Å². The maximum absolute atomic E-state index is 11.1. The third-order valence-electron chi connectivity index (χ3n) is 6.24. The molecule has 0 atom stereocenters. The van der Waals surface area contributed by atoms with E-state index in [1.165, 1.54) is 16.8 Å². The monoisotopic (exact) mass is 439 g/mol. The summed E-state index contributed by atoms with van der Waals surface area (Å²) in [5, 5.41) is 0. The predicted octanol–water partition coefficient (Wildman–Crippen LogP) is 7.23. The summed E-state index contributed by atoms with van der Waals surface area (Å²) in [4.78, 5) is 21.4. The van der Waals surface area contributed by atoms with E-state index >= 15 is 0 Å². The zero-order valence-electron chi connectivity index (χ0n) is 20.2. The number of Topliss-reactive ketones (excluding diaryl/α,β-unsaturated/α-hetero) is 1. The van der Waals surface area contributed by atoms with E-state index in [4.69, 9.17) is 9.97 Å². The van der Waals surface area contributed by atoms with Crippen molar-refractivity contribution in [2.24, 2.45) is 0 Å². The molecule has 2 aromatic heterocycles. The van der Waals surface area contributed by atoms with Gasteiger partial charge in [-0.25, -0.2) is 9.97 Å². The quantitative estimate of drug-likeness (QED) is 0.258. The van der Waals surface area contributed by atoms with Crippen molar-refractivity contribution in [3.63, 3.8) is 0 Å². The van der Waals surface area contributed by atoms with Crippen molar-refractivity contribution in [3.8, 4) is 22.5 Å². The number of hydrogen-bond acceptors (Lipinski definition) is 3. The summed E-state index contributed by atoms with van der Waals surface area (Å²) >= 11 is 0. The summed E-state index contributed by atoms with van der Waals surface area (Å²) in [7, 11) is 0. The predicted molar refractivity (Wildman–Crippen MR) is 136 cm³/mol. The lowest BCUT2D eigenvalue weighted by molar-refractivity contribution is -0.117. The Labute approximate surface area is 196 Å². The highest BCUT2D eigenvalue weighted by Crippen LogP contribution is 2.32. The molecule has 0 N–H and O–H groups in total. The van der Waals surface area contributed by atoms with Gasteiger partial charge in [-0.05, 0) is 46.6 Å². The minimum absolute atomic E-state index is 0.283. The van der Waals surface area contributed by atoms with Crippen LogP contribution in [0.15, 0.2) is 54.6 Å². The molecule has 0 bridgehead atoms. The highest BCUT2D eigenvalue weighted by atomic mass is 16.1. The van der Waals surface area contributed by atoms with Gasteiger partial charge in [0.2, 0.25) is 0 Å². The van der Waals surface area contributed by atoms with Gasteiger partial charge < -0.3 is 9.36 Å². The first-order valence-corrected chi connectivity index (χ1v) is 11.9. The first kappa shape index (κ1) is 22.9. The summed E-state index contributed by atoms with van der Waals surface area (Å²) in [6.45, 7) is 8.93. The molecule has 0 aliphatic carbocycles. The third-order valence-corrected chi connectivity index (χ3v) is 6.24.